The summed E-state index contributed by atoms with van der Waals surface area (Å²) in [6.45, 7) is 4.34. The molecule has 0 aliphatic rings. The Labute approximate surface area is 95.5 Å². The van der Waals surface area contributed by atoms with Gasteiger partial charge in [-0.25, -0.2) is 4.39 Å². The summed E-state index contributed by atoms with van der Waals surface area (Å²) in [6, 6.07) is 4.41. The molecule has 1 aromatic rings. The molecule has 0 aliphatic heterocycles. The number of aliphatic hydroxyl groups excluding tert-OH is 1. The number of nitrogens with two attached hydrogens (primary N) is 1. The van der Waals surface area contributed by atoms with E-state index in [0.29, 0.717) is 5.92 Å². The minimum Gasteiger partial charge on any atom is -0.394 e. The maximum Gasteiger partial charge on any atom is 0.123 e. The second-order valence-corrected chi connectivity index (χ2v) is 4.18. The first-order chi connectivity index (χ1) is 7.58. The summed E-state index contributed by atoms with van der Waals surface area (Å²) >= 11 is 0. The lowest BCUT2D eigenvalue weighted by Crippen LogP contribution is -2.30. The number of hydrogen-bond donors (Lipinski definition) is 3. The van der Waals surface area contributed by atoms with Crippen LogP contribution in [0.15, 0.2) is 18.2 Å². The number of benzene rings is 1. The number of aliphatic hydroxyl groups is 1. The summed E-state index contributed by atoms with van der Waals surface area (Å²) in [6.07, 6.45) is 0. The van der Waals surface area contributed by atoms with E-state index in [9.17, 15) is 9.50 Å². The van der Waals surface area contributed by atoms with Gasteiger partial charge in [0.1, 0.15) is 5.82 Å². The molecular formula is C12H19FN2O. The molecule has 0 amide bonds. The van der Waals surface area contributed by atoms with Crippen LogP contribution in [0.1, 0.15) is 19.4 Å². The standard InChI is InChI=1S/C12H19FN2O/c1-8(2)12(7-16)15-11-4-3-10(13)5-9(11)6-14/h3-5,8,12,15-16H,6-7,14H2,1-2H3. The third-order valence-corrected chi connectivity index (χ3v) is 2.63. The van der Waals surface area contributed by atoms with Crippen molar-refractivity contribution in [3.05, 3.63) is 29.6 Å². The Bertz CT molecular complexity index is 342. The Kier molecular flexibility index (Phi) is 4.71. The van der Waals surface area contributed by atoms with E-state index < -0.39 is 0 Å². The second kappa shape index (κ2) is 5.82. The summed E-state index contributed by atoms with van der Waals surface area (Å²) in [5, 5.41) is 12.4. The molecule has 1 rings (SSSR count). The fourth-order valence-corrected chi connectivity index (χ4v) is 1.49. The Morgan fingerprint density at radius 1 is 1.44 bits per heavy atom. The first-order valence-corrected chi connectivity index (χ1v) is 5.44. The Morgan fingerprint density at radius 3 is 2.62 bits per heavy atom. The smallest absolute Gasteiger partial charge is 0.123 e. The summed E-state index contributed by atoms with van der Waals surface area (Å²) in [7, 11) is 0. The van der Waals surface area contributed by atoms with Crippen molar-refractivity contribution in [2.45, 2.75) is 26.4 Å². The van der Waals surface area contributed by atoms with Gasteiger partial charge in [-0.05, 0) is 29.7 Å². The zero-order valence-corrected chi connectivity index (χ0v) is 9.70. The van der Waals surface area contributed by atoms with Crippen LogP contribution < -0.4 is 11.1 Å². The molecule has 0 saturated carbocycles. The lowest BCUT2D eigenvalue weighted by Gasteiger charge is -2.22. The lowest BCUT2D eigenvalue weighted by atomic mass is 10.0. The highest BCUT2D eigenvalue weighted by Crippen LogP contribution is 2.19. The maximum absolute atomic E-state index is 13.0. The molecule has 0 bridgehead atoms. The molecule has 0 aromatic heterocycles. The first kappa shape index (κ1) is 12.9. The molecule has 0 spiro atoms. The van der Waals surface area contributed by atoms with E-state index in [2.05, 4.69) is 5.32 Å². The molecule has 1 atom stereocenters. The monoisotopic (exact) mass is 226 g/mol. The van der Waals surface area contributed by atoms with Gasteiger partial charge >= 0.3 is 0 Å². The van der Waals surface area contributed by atoms with E-state index in [1.807, 2.05) is 13.8 Å². The van der Waals surface area contributed by atoms with E-state index in [-0.39, 0.29) is 25.0 Å². The van der Waals surface area contributed by atoms with Crippen molar-refractivity contribution in [2.24, 2.45) is 11.7 Å². The first-order valence-electron chi connectivity index (χ1n) is 5.44. The average molecular weight is 226 g/mol. The van der Waals surface area contributed by atoms with Crippen LogP contribution in [-0.4, -0.2) is 17.8 Å². The van der Waals surface area contributed by atoms with Crippen LogP contribution in [0.25, 0.3) is 0 Å². The van der Waals surface area contributed by atoms with Gasteiger partial charge in [-0.15, -0.1) is 0 Å². The summed E-state index contributed by atoms with van der Waals surface area (Å²) in [4.78, 5) is 0. The largest absolute Gasteiger partial charge is 0.394 e. The molecule has 3 nitrogen and oxygen atoms in total. The zero-order chi connectivity index (χ0) is 12.1. The van der Waals surface area contributed by atoms with Crippen molar-refractivity contribution in [2.75, 3.05) is 11.9 Å². The molecule has 1 aromatic carbocycles. The molecule has 0 saturated heterocycles. The Hall–Kier alpha value is -1.13. The quantitative estimate of drug-likeness (QED) is 0.716. The summed E-state index contributed by atoms with van der Waals surface area (Å²) in [5.74, 6) is -0.00299. The van der Waals surface area contributed by atoms with Crippen LogP contribution in [0, 0.1) is 11.7 Å². The minimum absolute atomic E-state index is 0.0407. The molecule has 90 valence electrons. The highest BCUT2D eigenvalue weighted by molar-refractivity contribution is 5.52. The lowest BCUT2D eigenvalue weighted by molar-refractivity contribution is 0.249. The van der Waals surface area contributed by atoms with E-state index >= 15 is 0 Å². The summed E-state index contributed by atoms with van der Waals surface area (Å²) < 4.78 is 13.0. The average Bonchev–Trinajstić information content (AvgIpc) is 2.26. The molecule has 1 unspecified atom stereocenters. The highest BCUT2D eigenvalue weighted by atomic mass is 19.1. The summed E-state index contributed by atoms with van der Waals surface area (Å²) in [5.41, 5.74) is 7.05. The van der Waals surface area contributed by atoms with Crippen molar-refractivity contribution in [1.29, 1.82) is 0 Å². The van der Waals surface area contributed by atoms with Gasteiger partial charge in [-0.3, -0.25) is 0 Å². The van der Waals surface area contributed by atoms with E-state index in [1.165, 1.54) is 12.1 Å². The number of rotatable bonds is 5. The molecule has 4 heteroatoms. The van der Waals surface area contributed by atoms with Crippen LogP contribution in [-0.2, 0) is 6.54 Å². The van der Waals surface area contributed by atoms with Gasteiger partial charge in [0.2, 0.25) is 0 Å². The molecule has 4 N–H and O–H groups in total. The second-order valence-electron chi connectivity index (χ2n) is 4.18. The van der Waals surface area contributed by atoms with Crippen molar-refractivity contribution >= 4 is 5.69 Å². The molecule has 0 radical (unpaired) electrons. The van der Waals surface area contributed by atoms with Gasteiger partial charge in [0.05, 0.1) is 12.6 Å². The SMILES string of the molecule is CC(C)C(CO)Nc1ccc(F)cc1CN. The number of halogens is 1. The van der Waals surface area contributed by atoms with Crippen LogP contribution in [0.4, 0.5) is 10.1 Å². The van der Waals surface area contributed by atoms with Crippen molar-refractivity contribution in [3.63, 3.8) is 0 Å². The Balaban J connectivity index is 2.87. The van der Waals surface area contributed by atoms with Crippen LogP contribution in [0.5, 0.6) is 0 Å². The number of nitrogens with one attached hydrogen (secondary N) is 1. The van der Waals surface area contributed by atoms with E-state index in [4.69, 9.17) is 5.73 Å². The van der Waals surface area contributed by atoms with Gasteiger partial charge in [0.25, 0.3) is 0 Å². The topological polar surface area (TPSA) is 58.3 Å². The Morgan fingerprint density at radius 2 is 2.12 bits per heavy atom. The molecule has 0 fully saturated rings. The van der Waals surface area contributed by atoms with Gasteiger partial charge < -0.3 is 16.2 Å². The predicted molar refractivity (Wildman–Crippen MR) is 63.6 cm³/mol. The molecule has 16 heavy (non-hydrogen) atoms. The van der Waals surface area contributed by atoms with Crippen LogP contribution in [0.3, 0.4) is 0 Å². The minimum atomic E-state index is -0.295. The zero-order valence-electron chi connectivity index (χ0n) is 9.70. The maximum atomic E-state index is 13.0. The van der Waals surface area contributed by atoms with Crippen molar-refractivity contribution < 1.29 is 9.50 Å². The number of hydrogen-bond acceptors (Lipinski definition) is 3. The fraction of sp³-hybridized carbons (Fsp3) is 0.500. The van der Waals surface area contributed by atoms with Crippen molar-refractivity contribution in [3.8, 4) is 0 Å². The van der Waals surface area contributed by atoms with Gasteiger partial charge in [-0.2, -0.15) is 0 Å². The van der Waals surface area contributed by atoms with Gasteiger partial charge in [0.15, 0.2) is 0 Å². The van der Waals surface area contributed by atoms with Crippen LogP contribution in [0.2, 0.25) is 0 Å². The van der Waals surface area contributed by atoms with E-state index in [1.54, 1.807) is 6.07 Å². The fourth-order valence-electron chi connectivity index (χ4n) is 1.49. The van der Waals surface area contributed by atoms with Crippen LogP contribution >= 0.6 is 0 Å². The number of anilines is 1. The third-order valence-electron chi connectivity index (χ3n) is 2.63. The molecular weight excluding hydrogens is 207 g/mol. The van der Waals surface area contributed by atoms with Crippen molar-refractivity contribution in [1.82, 2.24) is 0 Å². The highest BCUT2D eigenvalue weighted by Gasteiger charge is 2.13. The predicted octanol–water partition coefficient (Wildman–Crippen LogP) is 1.71. The van der Waals surface area contributed by atoms with Gasteiger partial charge in [0, 0.05) is 12.2 Å². The third kappa shape index (κ3) is 3.18. The normalized spacial score (nSPS) is 12.9. The molecule has 0 heterocycles. The molecule has 0 aliphatic carbocycles. The van der Waals surface area contributed by atoms with Gasteiger partial charge in [-0.1, -0.05) is 13.8 Å². The van der Waals surface area contributed by atoms with E-state index in [0.717, 1.165) is 11.3 Å².